The molecule has 0 atom stereocenters. The quantitative estimate of drug-likeness (QED) is 0.492. The van der Waals surface area contributed by atoms with Gasteiger partial charge in [-0.25, -0.2) is 0 Å². The first-order chi connectivity index (χ1) is 3.95. The maximum absolute atomic E-state index is 11.2. The van der Waals surface area contributed by atoms with Gasteiger partial charge in [-0.15, -0.1) is 0 Å². The van der Waals surface area contributed by atoms with Crippen molar-refractivity contribution in [3.63, 3.8) is 0 Å². The lowest BCUT2D eigenvalue weighted by Crippen LogP contribution is -2.15. The second-order valence-corrected chi connectivity index (χ2v) is 1.78. The summed E-state index contributed by atoms with van der Waals surface area (Å²) >= 11 is 0. The van der Waals surface area contributed by atoms with Crippen LogP contribution in [0.4, 0.5) is 13.2 Å². The van der Waals surface area contributed by atoms with Gasteiger partial charge in [-0.1, -0.05) is 0 Å². The minimum absolute atomic E-state index is 0.0167. The summed E-state index contributed by atoms with van der Waals surface area (Å²) in [6, 6.07) is 0. The molecule has 0 aliphatic rings. The normalized spacial score (nSPS) is 11.4. The highest BCUT2D eigenvalue weighted by Crippen LogP contribution is 2.19. The molecule has 0 heterocycles. The van der Waals surface area contributed by atoms with Crippen LogP contribution in [0.5, 0.6) is 0 Å². The Morgan fingerprint density at radius 2 is 2.00 bits per heavy atom. The average Bonchev–Trinajstić information content (AvgIpc) is 1.62. The minimum Gasteiger partial charge on any atom is -0.528 e. The zero-order valence-electron chi connectivity index (χ0n) is 4.66. The predicted molar refractivity (Wildman–Crippen MR) is 26.7 cm³/mol. The average molecular weight is 158 g/mol. The van der Waals surface area contributed by atoms with Crippen LogP contribution in [0, 0.1) is 0 Å². The van der Waals surface area contributed by atoms with Gasteiger partial charge in [-0.3, -0.25) is 4.79 Å². The molecule has 0 saturated heterocycles. The van der Waals surface area contributed by atoms with Crippen molar-refractivity contribution in [2.45, 2.75) is 12.6 Å². The number of alkyl halides is 3. The monoisotopic (exact) mass is 158 g/mol. The lowest BCUT2D eigenvalue weighted by atomic mass is 10.4. The fraction of sp³-hybridized carbons (Fsp3) is 0.667. The highest BCUT2D eigenvalue weighted by molar-refractivity contribution is 6.05. The largest absolute Gasteiger partial charge is 0.528 e. The molecule has 6 heteroatoms. The molecule has 0 spiro atoms. The third-order valence-corrected chi connectivity index (χ3v) is 1.03. The summed E-state index contributed by atoms with van der Waals surface area (Å²) in [5, 5.41) is 0. The Balaban J connectivity index is 3.60. The fourth-order valence-electron chi connectivity index (χ4n) is 0.236. The molecule has 0 N–H and O–H groups in total. The van der Waals surface area contributed by atoms with Crippen LogP contribution in [0.2, 0.25) is 0 Å². The van der Waals surface area contributed by atoms with Gasteiger partial charge in [0.05, 0.1) is 0 Å². The van der Waals surface area contributed by atoms with Gasteiger partial charge in [0.25, 0.3) is 0 Å². The van der Waals surface area contributed by atoms with Crippen LogP contribution in [0.15, 0.2) is 0 Å². The Morgan fingerprint density at radius 3 is 2.11 bits per heavy atom. The van der Waals surface area contributed by atoms with Gasteiger partial charge in [0.2, 0.25) is 10.5 Å². The summed E-state index contributed by atoms with van der Waals surface area (Å²) in [5.41, 5.74) is 0. The molecule has 0 unspecified atom stereocenters. The smallest absolute Gasteiger partial charge is 0.399 e. The molecule has 0 aromatic rings. The molecule has 2 nitrogen and oxygen atoms in total. The summed E-state index contributed by atoms with van der Waals surface area (Å²) < 4.78 is 37.5. The van der Waals surface area contributed by atoms with Crippen molar-refractivity contribution in [2.75, 3.05) is 0 Å². The second-order valence-electron chi connectivity index (χ2n) is 1.37. The summed E-state index contributed by atoms with van der Waals surface area (Å²) in [7, 11) is 0.0167. The van der Waals surface area contributed by atoms with Crippen molar-refractivity contribution in [2.24, 2.45) is 0 Å². The molecule has 0 aliphatic heterocycles. The Labute approximate surface area is 52.5 Å². The summed E-state index contributed by atoms with van der Waals surface area (Å²) in [5.74, 6) is -1.20. The summed E-state index contributed by atoms with van der Waals surface area (Å²) in [4.78, 5) is 9.92. The first-order valence-corrected chi connectivity index (χ1v) is 2.91. The van der Waals surface area contributed by atoms with Gasteiger partial charge in [0, 0.05) is 0 Å². The minimum atomic E-state index is -4.43. The molecule has 0 radical (unpaired) electrons. The van der Waals surface area contributed by atoms with E-state index in [1.54, 1.807) is 0 Å². The first kappa shape index (κ1) is 8.48. The zero-order valence-corrected chi connectivity index (χ0v) is 6.66. The van der Waals surface area contributed by atoms with E-state index in [1.165, 1.54) is 0 Å². The van der Waals surface area contributed by atoms with E-state index in [4.69, 9.17) is 0 Å². The molecule has 0 saturated carbocycles. The van der Waals surface area contributed by atoms with E-state index in [0.717, 1.165) is 0 Å². The van der Waals surface area contributed by atoms with Crippen LogP contribution in [0.25, 0.3) is 0 Å². The fourth-order valence-corrected chi connectivity index (χ4v) is 0.380. The molecule has 0 bridgehead atoms. The third kappa shape index (κ3) is 5.35. The maximum Gasteiger partial charge on any atom is 0.399 e. The number of carbonyl (C=O) groups excluding carboxylic acids is 1. The lowest BCUT2D eigenvalue weighted by Gasteiger charge is -2.02. The molecular formula is C3H5F3O2Si. The SMILES string of the molecule is O=C(CC(F)(F)F)O[SiH3]. The number of rotatable bonds is 1. The van der Waals surface area contributed by atoms with Crippen molar-refractivity contribution >= 4 is 16.5 Å². The van der Waals surface area contributed by atoms with Crippen molar-refractivity contribution in [3.8, 4) is 0 Å². The van der Waals surface area contributed by atoms with Gasteiger partial charge in [0.15, 0.2) is 0 Å². The Hall–Kier alpha value is -0.523. The molecular weight excluding hydrogens is 153 g/mol. The van der Waals surface area contributed by atoms with E-state index in [-0.39, 0.29) is 10.5 Å². The number of hydrogen-bond donors (Lipinski definition) is 0. The standard InChI is InChI=1S/C3H5F3O2Si/c4-3(5,6)1-2(7)8-9/h1H2,9H3. The van der Waals surface area contributed by atoms with E-state index in [9.17, 15) is 18.0 Å². The third-order valence-electron chi connectivity index (χ3n) is 0.572. The molecule has 0 rings (SSSR count). The predicted octanol–water partition coefficient (Wildman–Crippen LogP) is -0.238. The van der Waals surface area contributed by atoms with E-state index in [2.05, 4.69) is 4.43 Å². The number of hydrogen-bond acceptors (Lipinski definition) is 2. The van der Waals surface area contributed by atoms with Crippen molar-refractivity contribution in [1.82, 2.24) is 0 Å². The Morgan fingerprint density at radius 1 is 1.56 bits per heavy atom. The van der Waals surface area contributed by atoms with Gasteiger partial charge in [0.1, 0.15) is 6.42 Å². The maximum atomic E-state index is 11.2. The van der Waals surface area contributed by atoms with Crippen LogP contribution in [0.3, 0.4) is 0 Å². The van der Waals surface area contributed by atoms with E-state index in [0.29, 0.717) is 0 Å². The molecule has 0 aliphatic carbocycles. The molecule has 0 aromatic heterocycles. The summed E-state index contributed by atoms with van der Waals surface area (Å²) in [6.07, 6.45) is -5.90. The van der Waals surface area contributed by atoms with Crippen LogP contribution < -0.4 is 0 Å². The highest BCUT2D eigenvalue weighted by Gasteiger charge is 2.31. The van der Waals surface area contributed by atoms with Crippen molar-refractivity contribution < 1.29 is 22.4 Å². The highest BCUT2D eigenvalue weighted by atomic mass is 28.2. The molecule has 0 amide bonds. The Kier molecular flexibility index (Phi) is 2.69. The van der Waals surface area contributed by atoms with E-state index in [1.807, 2.05) is 0 Å². The summed E-state index contributed by atoms with van der Waals surface area (Å²) in [6.45, 7) is 0. The van der Waals surface area contributed by atoms with E-state index < -0.39 is 18.6 Å². The van der Waals surface area contributed by atoms with Gasteiger partial charge in [-0.05, 0) is 0 Å². The second kappa shape index (κ2) is 2.86. The van der Waals surface area contributed by atoms with Crippen LogP contribution in [-0.4, -0.2) is 22.6 Å². The van der Waals surface area contributed by atoms with Crippen LogP contribution in [-0.2, 0) is 9.22 Å². The van der Waals surface area contributed by atoms with Gasteiger partial charge in [-0.2, -0.15) is 13.2 Å². The molecule has 9 heavy (non-hydrogen) atoms. The van der Waals surface area contributed by atoms with E-state index >= 15 is 0 Å². The van der Waals surface area contributed by atoms with Crippen LogP contribution >= 0.6 is 0 Å². The topological polar surface area (TPSA) is 26.3 Å². The van der Waals surface area contributed by atoms with Crippen molar-refractivity contribution in [1.29, 1.82) is 0 Å². The molecule has 0 aromatic carbocycles. The van der Waals surface area contributed by atoms with Gasteiger partial charge >= 0.3 is 12.1 Å². The zero-order chi connectivity index (χ0) is 7.49. The first-order valence-electron chi connectivity index (χ1n) is 2.09. The Bertz CT molecular complexity index is 110. The number of halogens is 3. The lowest BCUT2D eigenvalue weighted by molar-refractivity contribution is -0.163. The van der Waals surface area contributed by atoms with Gasteiger partial charge < -0.3 is 4.43 Å². The number of carbonyl (C=O) groups is 1. The van der Waals surface area contributed by atoms with Crippen molar-refractivity contribution in [3.05, 3.63) is 0 Å². The van der Waals surface area contributed by atoms with Crippen LogP contribution in [0.1, 0.15) is 6.42 Å². The molecule has 54 valence electrons. The molecule has 0 fully saturated rings.